The van der Waals surface area contributed by atoms with Crippen molar-refractivity contribution < 1.29 is 9.90 Å². The zero-order valence-electron chi connectivity index (χ0n) is 18.1. The maximum Gasteiger partial charge on any atom is 0.187 e. The fourth-order valence-corrected chi connectivity index (χ4v) is 4.44. The zero-order chi connectivity index (χ0) is 21.5. The number of likely N-dealkylation sites (tertiary alicyclic amines) is 2. The Labute approximate surface area is 185 Å². The Morgan fingerprint density at radius 3 is 1.84 bits per heavy atom. The van der Waals surface area contributed by atoms with Gasteiger partial charge in [0.15, 0.2) is 5.78 Å². The Morgan fingerprint density at radius 2 is 1.32 bits per heavy atom. The van der Waals surface area contributed by atoms with E-state index in [0.717, 1.165) is 41.9 Å². The number of rotatable bonds is 6. The molecule has 1 N–H and O–H groups in total. The Kier molecular flexibility index (Phi) is 7.47. The van der Waals surface area contributed by atoms with Crippen LogP contribution in [0, 0.1) is 0 Å². The van der Waals surface area contributed by atoms with Gasteiger partial charge in [-0.15, -0.1) is 0 Å². The molecule has 2 aromatic carbocycles. The van der Waals surface area contributed by atoms with Gasteiger partial charge in [-0.25, -0.2) is 0 Å². The van der Waals surface area contributed by atoms with Gasteiger partial charge in [-0.2, -0.15) is 0 Å². The second-order valence-electron chi connectivity index (χ2n) is 8.57. The van der Waals surface area contributed by atoms with E-state index in [2.05, 4.69) is 4.90 Å². The average molecular weight is 417 g/mol. The summed E-state index contributed by atoms with van der Waals surface area (Å²) in [6, 6.07) is 19.9. The first-order valence-corrected chi connectivity index (χ1v) is 11.4. The third-order valence-corrected chi connectivity index (χ3v) is 6.18. The Morgan fingerprint density at radius 1 is 0.806 bits per heavy atom. The van der Waals surface area contributed by atoms with E-state index >= 15 is 0 Å². The molecule has 2 aromatic rings. The maximum absolute atomic E-state index is 13.3. The molecule has 2 heterocycles. The van der Waals surface area contributed by atoms with Gasteiger partial charge >= 0.3 is 0 Å². The molecule has 0 radical (unpaired) electrons. The number of aliphatic hydroxyl groups is 1. The second kappa shape index (κ2) is 10.7. The summed E-state index contributed by atoms with van der Waals surface area (Å²) in [5.41, 5.74) is 3.48. The minimum absolute atomic E-state index is 0.0761. The fraction of sp³-hybridized carbons (Fsp3) is 0.370. The lowest BCUT2D eigenvalue weighted by Crippen LogP contribution is -2.45. The smallest absolute Gasteiger partial charge is 0.187 e. The van der Waals surface area contributed by atoms with Crippen LogP contribution < -0.4 is 0 Å². The van der Waals surface area contributed by atoms with Crippen LogP contribution in [0.2, 0.25) is 0 Å². The number of carbonyl (C=O) groups excluding carboxylic acids is 1. The van der Waals surface area contributed by atoms with E-state index < -0.39 is 6.23 Å². The molecular formula is C27H32N2O2. The van der Waals surface area contributed by atoms with Gasteiger partial charge < -0.3 is 10.0 Å². The number of carbonyl (C=O) groups is 1. The van der Waals surface area contributed by atoms with E-state index in [0.29, 0.717) is 19.5 Å². The van der Waals surface area contributed by atoms with Gasteiger partial charge in [0.1, 0.15) is 6.23 Å². The first kappa shape index (κ1) is 21.7. The number of hydrogen-bond acceptors (Lipinski definition) is 4. The SMILES string of the molecule is O=C1/C(=C/c2ccccc2)CN(C(O)CCN2CCCCC2)C/C1=C\c1ccccc1. The van der Waals surface area contributed by atoms with Crippen LogP contribution in [-0.2, 0) is 4.79 Å². The third kappa shape index (κ3) is 6.01. The van der Waals surface area contributed by atoms with Gasteiger partial charge in [0, 0.05) is 30.8 Å². The van der Waals surface area contributed by atoms with E-state index in [9.17, 15) is 9.90 Å². The molecule has 1 unspecified atom stereocenters. The highest BCUT2D eigenvalue weighted by Gasteiger charge is 2.30. The standard InChI is InChI=1S/C27H32N2O2/c30-26(14-17-28-15-8-3-9-16-28)29-20-24(18-22-10-4-1-5-11-22)27(31)25(21-29)19-23-12-6-2-7-13-23/h1-2,4-7,10-13,18-19,26,30H,3,8-9,14-17,20-21H2/b24-18+,25-19+. The van der Waals surface area contributed by atoms with Gasteiger partial charge in [-0.05, 0) is 55.6 Å². The monoisotopic (exact) mass is 416 g/mol. The zero-order valence-corrected chi connectivity index (χ0v) is 18.1. The summed E-state index contributed by atoms with van der Waals surface area (Å²) < 4.78 is 0. The quantitative estimate of drug-likeness (QED) is 0.716. The van der Waals surface area contributed by atoms with Crippen molar-refractivity contribution in [3.63, 3.8) is 0 Å². The summed E-state index contributed by atoms with van der Waals surface area (Å²) in [7, 11) is 0. The van der Waals surface area contributed by atoms with Crippen molar-refractivity contribution in [3.8, 4) is 0 Å². The molecule has 1 atom stereocenters. The molecule has 2 saturated heterocycles. The van der Waals surface area contributed by atoms with E-state index in [4.69, 9.17) is 0 Å². The highest BCUT2D eigenvalue weighted by atomic mass is 16.3. The lowest BCUT2D eigenvalue weighted by molar-refractivity contribution is -0.114. The largest absolute Gasteiger partial charge is 0.378 e. The molecule has 2 fully saturated rings. The van der Waals surface area contributed by atoms with E-state index in [1.165, 1.54) is 19.3 Å². The average Bonchev–Trinajstić information content (AvgIpc) is 2.82. The van der Waals surface area contributed by atoms with E-state index in [1.807, 2.05) is 77.7 Å². The lowest BCUT2D eigenvalue weighted by Gasteiger charge is -2.35. The molecule has 2 aliphatic rings. The minimum Gasteiger partial charge on any atom is -0.378 e. The molecule has 162 valence electrons. The Balaban J connectivity index is 1.54. The van der Waals surface area contributed by atoms with E-state index in [1.54, 1.807) is 0 Å². The fourth-order valence-electron chi connectivity index (χ4n) is 4.44. The van der Waals surface area contributed by atoms with Gasteiger partial charge in [0.25, 0.3) is 0 Å². The lowest BCUT2D eigenvalue weighted by atomic mass is 9.94. The molecule has 0 aliphatic carbocycles. The molecule has 4 nitrogen and oxygen atoms in total. The van der Waals surface area contributed by atoms with Crippen LogP contribution in [0.4, 0.5) is 0 Å². The van der Waals surface area contributed by atoms with Gasteiger partial charge in [-0.1, -0.05) is 67.1 Å². The number of ketones is 1. The summed E-state index contributed by atoms with van der Waals surface area (Å²) in [5.74, 6) is 0.0761. The number of aliphatic hydroxyl groups excluding tert-OH is 1. The summed E-state index contributed by atoms with van der Waals surface area (Å²) in [6.45, 7) is 4.11. The molecule has 4 heteroatoms. The molecule has 4 rings (SSSR count). The van der Waals surface area contributed by atoms with Crippen LogP contribution >= 0.6 is 0 Å². The van der Waals surface area contributed by atoms with Crippen molar-refractivity contribution in [2.75, 3.05) is 32.7 Å². The van der Waals surface area contributed by atoms with Crippen LogP contribution in [0.25, 0.3) is 12.2 Å². The first-order chi connectivity index (χ1) is 15.2. The topological polar surface area (TPSA) is 43.8 Å². The van der Waals surface area contributed by atoms with Gasteiger partial charge in [-0.3, -0.25) is 9.69 Å². The van der Waals surface area contributed by atoms with Crippen LogP contribution in [0.15, 0.2) is 71.8 Å². The highest BCUT2D eigenvalue weighted by Crippen LogP contribution is 2.24. The summed E-state index contributed by atoms with van der Waals surface area (Å²) in [4.78, 5) is 17.7. The normalized spacial score (nSPS) is 22.2. The molecule has 2 aliphatic heterocycles. The molecule has 0 amide bonds. The van der Waals surface area contributed by atoms with E-state index in [-0.39, 0.29) is 5.78 Å². The van der Waals surface area contributed by atoms with Crippen molar-refractivity contribution in [1.29, 1.82) is 0 Å². The predicted octanol–water partition coefficient (Wildman–Crippen LogP) is 4.23. The molecule has 0 aromatic heterocycles. The molecule has 0 bridgehead atoms. The second-order valence-corrected chi connectivity index (χ2v) is 8.57. The van der Waals surface area contributed by atoms with Crippen LogP contribution in [0.3, 0.4) is 0 Å². The van der Waals surface area contributed by atoms with Crippen LogP contribution in [-0.4, -0.2) is 59.6 Å². The predicted molar refractivity (Wildman–Crippen MR) is 126 cm³/mol. The first-order valence-electron chi connectivity index (χ1n) is 11.4. The molecule has 0 spiro atoms. The highest BCUT2D eigenvalue weighted by molar-refractivity contribution is 6.14. The maximum atomic E-state index is 13.3. The van der Waals surface area contributed by atoms with Crippen molar-refractivity contribution >= 4 is 17.9 Å². The van der Waals surface area contributed by atoms with Crippen LogP contribution in [0.1, 0.15) is 36.8 Å². The van der Waals surface area contributed by atoms with Gasteiger partial charge in [0.05, 0.1) is 0 Å². The molecule has 31 heavy (non-hydrogen) atoms. The number of piperidine rings is 2. The summed E-state index contributed by atoms with van der Waals surface area (Å²) in [5, 5.41) is 11.0. The van der Waals surface area contributed by atoms with Gasteiger partial charge in [0.2, 0.25) is 0 Å². The van der Waals surface area contributed by atoms with Crippen LogP contribution in [0.5, 0.6) is 0 Å². The Bertz CT molecular complexity index is 853. The number of hydrogen-bond donors (Lipinski definition) is 1. The number of nitrogens with zero attached hydrogens (tertiary/aromatic N) is 2. The third-order valence-electron chi connectivity index (χ3n) is 6.18. The Hall–Kier alpha value is -2.53. The van der Waals surface area contributed by atoms with Crippen molar-refractivity contribution in [2.45, 2.75) is 31.9 Å². The van der Waals surface area contributed by atoms with Crippen molar-refractivity contribution in [1.82, 2.24) is 9.80 Å². The molecule has 0 saturated carbocycles. The van der Waals surface area contributed by atoms with Crippen molar-refractivity contribution in [2.24, 2.45) is 0 Å². The minimum atomic E-state index is -0.562. The summed E-state index contributed by atoms with van der Waals surface area (Å²) >= 11 is 0. The summed E-state index contributed by atoms with van der Waals surface area (Å²) in [6.07, 6.45) is 7.88. The number of Topliss-reactive ketones (excluding diaryl/α,β-unsaturated/α-hetero) is 1. The number of benzene rings is 2. The van der Waals surface area contributed by atoms with Crippen molar-refractivity contribution in [3.05, 3.63) is 82.9 Å². The molecular weight excluding hydrogens is 384 g/mol.